The van der Waals surface area contributed by atoms with E-state index in [1.807, 2.05) is 36.4 Å². The van der Waals surface area contributed by atoms with Crippen molar-refractivity contribution in [3.63, 3.8) is 0 Å². The summed E-state index contributed by atoms with van der Waals surface area (Å²) in [5.41, 5.74) is 1.70. The number of nitrogens with zero attached hydrogens (tertiary/aromatic N) is 1. The van der Waals surface area contributed by atoms with E-state index in [0.29, 0.717) is 17.4 Å². The van der Waals surface area contributed by atoms with Gasteiger partial charge in [0.1, 0.15) is 5.75 Å². The third-order valence-corrected chi connectivity index (χ3v) is 6.30. The highest BCUT2D eigenvalue weighted by Crippen LogP contribution is 2.31. The van der Waals surface area contributed by atoms with Gasteiger partial charge in [-0.15, -0.1) is 0 Å². The van der Waals surface area contributed by atoms with E-state index in [1.54, 1.807) is 12.1 Å². The predicted octanol–water partition coefficient (Wildman–Crippen LogP) is 4.68. The maximum absolute atomic E-state index is 12.8. The lowest BCUT2D eigenvalue weighted by Gasteiger charge is -2.31. The van der Waals surface area contributed by atoms with Crippen molar-refractivity contribution in [1.29, 1.82) is 0 Å². The number of carbonyl (C=O) groups is 1. The SMILES string of the molecule is O=C(NC(Cc1ccc(Oc2nc3ccccc3s2)cc1)C1CCNCC1)C(F)(F)F. The van der Waals surface area contributed by atoms with E-state index in [4.69, 9.17) is 4.74 Å². The molecule has 9 heteroatoms. The number of thiazole rings is 1. The second-order valence-corrected chi connectivity index (χ2v) is 8.56. The molecule has 164 valence electrons. The number of alkyl halides is 3. The fourth-order valence-corrected chi connectivity index (χ4v) is 4.61. The molecule has 3 aromatic rings. The van der Waals surface area contributed by atoms with Crippen molar-refractivity contribution in [2.45, 2.75) is 31.5 Å². The summed E-state index contributed by atoms with van der Waals surface area (Å²) in [7, 11) is 0. The van der Waals surface area contributed by atoms with Crippen LogP contribution in [-0.4, -0.2) is 36.2 Å². The fourth-order valence-electron chi connectivity index (χ4n) is 3.78. The summed E-state index contributed by atoms with van der Waals surface area (Å²) in [4.78, 5) is 16.0. The molecule has 1 unspecified atom stereocenters. The minimum atomic E-state index is -4.89. The van der Waals surface area contributed by atoms with Crippen molar-refractivity contribution in [3.05, 3.63) is 54.1 Å². The maximum atomic E-state index is 12.8. The van der Waals surface area contributed by atoms with Crippen molar-refractivity contribution in [2.24, 2.45) is 5.92 Å². The normalized spacial score (nSPS) is 16.2. The van der Waals surface area contributed by atoms with E-state index >= 15 is 0 Å². The summed E-state index contributed by atoms with van der Waals surface area (Å²) in [5.74, 6) is -1.29. The van der Waals surface area contributed by atoms with Gasteiger partial charge in [0.2, 0.25) is 0 Å². The highest BCUT2D eigenvalue weighted by molar-refractivity contribution is 7.20. The maximum Gasteiger partial charge on any atom is 0.471 e. The monoisotopic (exact) mass is 449 g/mol. The summed E-state index contributed by atoms with van der Waals surface area (Å²) in [6.45, 7) is 1.47. The number of benzene rings is 2. The minimum Gasteiger partial charge on any atom is -0.431 e. The number of rotatable bonds is 6. The summed E-state index contributed by atoms with van der Waals surface area (Å²) < 4.78 is 45.3. The van der Waals surface area contributed by atoms with Crippen LogP contribution in [-0.2, 0) is 11.2 Å². The van der Waals surface area contributed by atoms with Gasteiger partial charge in [0, 0.05) is 6.04 Å². The average molecular weight is 449 g/mol. The number of hydrogen-bond donors (Lipinski definition) is 2. The van der Waals surface area contributed by atoms with Gasteiger partial charge < -0.3 is 15.4 Å². The van der Waals surface area contributed by atoms with Crippen molar-refractivity contribution < 1.29 is 22.7 Å². The van der Waals surface area contributed by atoms with E-state index < -0.39 is 18.1 Å². The Morgan fingerprint density at radius 2 is 1.87 bits per heavy atom. The zero-order chi connectivity index (χ0) is 21.8. The Kier molecular flexibility index (Phi) is 6.43. The summed E-state index contributed by atoms with van der Waals surface area (Å²) in [6, 6.07) is 14.3. The molecule has 1 atom stereocenters. The average Bonchev–Trinajstić information content (AvgIpc) is 3.17. The summed E-state index contributed by atoms with van der Waals surface area (Å²) in [5, 5.41) is 5.94. The third-order valence-electron chi connectivity index (χ3n) is 5.39. The number of piperidine rings is 1. The van der Waals surface area contributed by atoms with Crippen molar-refractivity contribution in [1.82, 2.24) is 15.6 Å². The second-order valence-electron chi connectivity index (χ2n) is 7.56. The lowest BCUT2D eigenvalue weighted by molar-refractivity contribution is -0.174. The highest BCUT2D eigenvalue weighted by Gasteiger charge is 2.40. The van der Waals surface area contributed by atoms with Gasteiger partial charge in [-0.3, -0.25) is 4.79 Å². The predicted molar refractivity (Wildman–Crippen MR) is 113 cm³/mol. The number of aromatic nitrogens is 1. The second kappa shape index (κ2) is 9.23. The molecule has 0 spiro atoms. The topological polar surface area (TPSA) is 63.2 Å². The number of fused-ring (bicyclic) bond motifs is 1. The van der Waals surface area contributed by atoms with E-state index in [1.165, 1.54) is 11.3 Å². The Morgan fingerprint density at radius 1 is 1.16 bits per heavy atom. The number of carbonyl (C=O) groups excluding carboxylic acids is 1. The molecule has 1 fully saturated rings. The number of halogens is 3. The van der Waals surface area contributed by atoms with Crippen LogP contribution in [0.5, 0.6) is 10.9 Å². The lowest BCUT2D eigenvalue weighted by atomic mass is 9.86. The molecule has 0 saturated carbocycles. The highest BCUT2D eigenvalue weighted by atomic mass is 32.1. The molecule has 2 heterocycles. The van der Waals surface area contributed by atoms with Gasteiger partial charge in [0.05, 0.1) is 10.2 Å². The van der Waals surface area contributed by atoms with Crippen LogP contribution in [0.25, 0.3) is 10.2 Å². The van der Waals surface area contributed by atoms with Gasteiger partial charge in [-0.2, -0.15) is 13.2 Å². The smallest absolute Gasteiger partial charge is 0.431 e. The minimum absolute atomic E-state index is 0.00813. The van der Waals surface area contributed by atoms with Crippen molar-refractivity contribution >= 4 is 27.5 Å². The lowest BCUT2D eigenvalue weighted by Crippen LogP contribution is -2.49. The number of ether oxygens (including phenoxy) is 1. The van der Waals surface area contributed by atoms with Crippen LogP contribution in [0.4, 0.5) is 13.2 Å². The summed E-state index contributed by atoms with van der Waals surface area (Å²) in [6.07, 6.45) is -3.11. The Morgan fingerprint density at radius 3 is 2.55 bits per heavy atom. The van der Waals surface area contributed by atoms with Crippen LogP contribution in [0.15, 0.2) is 48.5 Å². The Bertz CT molecular complexity index is 997. The van der Waals surface area contributed by atoms with E-state index in [-0.39, 0.29) is 5.92 Å². The van der Waals surface area contributed by atoms with Gasteiger partial charge >= 0.3 is 12.1 Å². The Hall–Kier alpha value is -2.65. The molecule has 0 radical (unpaired) electrons. The Balaban J connectivity index is 1.44. The first-order chi connectivity index (χ1) is 14.9. The van der Waals surface area contributed by atoms with Crippen LogP contribution >= 0.6 is 11.3 Å². The molecule has 1 amide bonds. The van der Waals surface area contributed by atoms with Crippen LogP contribution in [0.3, 0.4) is 0 Å². The van der Waals surface area contributed by atoms with Crippen molar-refractivity contribution in [2.75, 3.05) is 13.1 Å². The largest absolute Gasteiger partial charge is 0.471 e. The van der Waals surface area contributed by atoms with E-state index in [0.717, 1.165) is 41.7 Å². The van der Waals surface area contributed by atoms with E-state index in [9.17, 15) is 18.0 Å². The molecule has 2 aromatic carbocycles. The van der Waals surface area contributed by atoms with Gasteiger partial charge in [0.15, 0.2) is 0 Å². The molecule has 0 aliphatic carbocycles. The number of para-hydroxylation sites is 1. The number of nitrogens with one attached hydrogen (secondary N) is 2. The molecule has 5 nitrogen and oxygen atoms in total. The summed E-state index contributed by atoms with van der Waals surface area (Å²) >= 11 is 1.44. The van der Waals surface area contributed by atoms with E-state index in [2.05, 4.69) is 15.6 Å². The molecule has 1 saturated heterocycles. The van der Waals surface area contributed by atoms with Gasteiger partial charge in [-0.05, 0) is 68.1 Å². The van der Waals surface area contributed by atoms with Crippen molar-refractivity contribution in [3.8, 4) is 10.9 Å². The first-order valence-corrected chi connectivity index (χ1v) is 10.9. The molecule has 4 rings (SSSR count). The molecule has 1 aliphatic rings. The zero-order valence-corrected chi connectivity index (χ0v) is 17.4. The molecule has 2 N–H and O–H groups in total. The molecule has 1 aliphatic heterocycles. The zero-order valence-electron chi connectivity index (χ0n) is 16.6. The quantitative estimate of drug-likeness (QED) is 0.574. The number of amides is 1. The molecule has 0 bridgehead atoms. The molecular weight excluding hydrogens is 427 g/mol. The van der Waals surface area contributed by atoms with Crippen LogP contribution in [0.1, 0.15) is 18.4 Å². The standard InChI is InChI=1S/C22H22F3N3O2S/c23-22(24,25)20(29)27-18(15-9-11-26-12-10-15)13-14-5-7-16(8-6-14)30-21-28-17-3-1-2-4-19(17)31-21/h1-8,15,18,26H,9-13H2,(H,27,29). The molecule has 31 heavy (non-hydrogen) atoms. The van der Waals surface area contributed by atoms with Gasteiger partial charge in [-0.25, -0.2) is 4.98 Å². The fraction of sp³-hybridized carbons (Fsp3) is 0.364. The first kappa shape index (κ1) is 21.6. The van der Waals surface area contributed by atoms with Crippen LogP contribution in [0.2, 0.25) is 0 Å². The Labute approximate surface area is 181 Å². The van der Waals surface area contributed by atoms with Crippen LogP contribution < -0.4 is 15.4 Å². The third kappa shape index (κ3) is 5.54. The molecular formula is C22H22F3N3O2S. The molecule has 1 aromatic heterocycles. The van der Waals surface area contributed by atoms with Crippen LogP contribution in [0, 0.1) is 5.92 Å². The first-order valence-electron chi connectivity index (χ1n) is 10.1. The van der Waals surface area contributed by atoms with Gasteiger partial charge in [-0.1, -0.05) is 35.6 Å². The number of hydrogen-bond acceptors (Lipinski definition) is 5. The van der Waals surface area contributed by atoms with Gasteiger partial charge in [0.25, 0.3) is 5.19 Å².